The van der Waals surface area contributed by atoms with Gasteiger partial charge in [0.1, 0.15) is 12.3 Å². The maximum absolute atomic E-state index is 14.0. The van der Waals surface area contributed by atoms with Crippen molar-refractivity contribution in [3.63, 3.8) is 0 Å². The van der Waals surface area contributed by atoms with Gasteiger partial charge in [0.15, 0.2) is 8.32 Å². The molecule has 1 aliphatic heterocycles. The number of amides is 1. The molecule has 20 heavy (non-hydrogen) atoms. The topological polar surface area (TPSA) is 67.8 Å². The maximum atomic E-state index is 14.0. The van der Waals surface area contributed by atoms with Crippen molar-refractivity contribution in [2.45, 2.75) is 63.6 Å². The van der Waals surface area contributed by atoms with Gasteiger partial charge in [0.25, 0.3) is 0 Å². The van der Waals surface area contributed by atoms with Crippen molar-refractivity contribution >= 4 is 14.4 Å². The van der Waals surface area contributed by atoms with Crippen molar-refractivity contribution in [2.75, 3.05) is 13.2 Å². The lowest BCUT2D eigenvalue weighted by Gasteiger charge is -2.39. The molecule has 1 fully saturated rings. The molecule has 1 amide bonds. The Bertz CT molecular complexity index is 346. The van der Waals surface area contributed by atoms with E-state index in [0.717, 1.165) is 0 Å². The van der Waals surface area contributed by atoms with Gasteiger partial charge < -0.3 is 19.6 Å². The molecule has 1 saturated heterocycles. The van der Waals surface area contributed by atoms with Gasteiger partial charge in [-0.25, -0.2) is 9.18 Å². The first kappa shape index (κ1) is 17.4. The summed E-state index contributed by atoms with van der Waals surface area (Å²) in [5.74, 6) is 0. The first-order valence-corrected chi connectivity index (χ1v) is 9.83. The third kappa shape index (κ3) is 4.71. The van der Waals surface area contributed by atoms with Crippen molar-refractivity contribution in [1.29, 1.82) is 0 Å². The van der Waals surface area contributed by atoms with Gasteiger partial charge in [-0.05, 0) is 18.1 Å². The number of hydrogen-bond donors (Lipinski definition) is 2. The second-order valence-electron chi connectivity index (χ2n) is 6.84. The van der Waals surface area contributed by atoms with E-state index in [0.29, 0.717) is 0 Å². The number of hydrogen-bond acceptors (Lipinski definition) is 3. The fourth-order valence-corrected chi connectivity index (χ4v) is 2.78. The molecule has 0 aromatic heterocycles. The second kappa shape index (κ2) is 6.40. The Morgan fingerprint density at radius 3 is 2.55 bits per heavy atom. The van der Waals surface area contributed by atoms with E-state index in [1.165, 1.54) is 0 Å². The summed E-state index contributed by atoms with van der Waals surface area (Å²) in [6.45, 7) is 11.0. The molecule has 0 saturated carbocycles. The molecular weight excluding hydrogens is 281 g/mol. The Labute approximate surface area is 121 Å². The molecular formula is C13H26FNO4Si. The smallest absolute Gasteiger partial charge is 0.404 e. The summed E-state index contributed by atoms with van der Waals surface area (Å²) in [5.41, 5.74) is 0. The Morgan fingerprint density at radius 2 is 2.10 bits per heavy atom. The molecule has 118 valence electrons. The zero-order valence-corrected chi connectivity index (χ0v) is 13.9. The minimum atomic E-state index is -1.92. The normalized spacial score (nSPS) is 28.2. The van der Waals surface area contributed by atoms with E-state index in [2.05, 4.69) is 39.2 Å². The van der Waals surface area contributed by atoms with Crippen molar-refractivity contribution < 1.29 is 23.5 Å². The lowest BCUT2D eigenvalue weighted by molar-refractivity contribution is -0.0743. The van der Waals surface area contributed by atoms with Gasteiger partial charge in [-0.2, -0.15) is 0 Å². The minimum absolute atomic E-state index is 0.0703. The van der Waals surface area contributed by atoms with Crippen LogP contribution in [0.3, 0.4) is 0 Å². The van der Waals surface area contributed by atoms with Gasteiger partial charge in [-0.3, -0.25) is 0 Å². The fraction of sp³-hybridized carbons (Fsp3) is 0.923. The van der Waals surface area contributed by atoms with Crippen LogP contribution in [0.15, 0.2) is 0 Å². The highest BCUT2D eigenvalue weighted by Crippen LogP contribution is 2.37. The molecule has 1 aliphatic rings. The number of ether oxygens (including phenoxy) is 1. The summed E-state index contributed by atoms with van der Waals surface area (Å²) < 4.78 is 25.4. The molecule has 5 nitrogen and oxygen atoms in total. The summed E-state index contributed by atoms with van der Waals surface area (Å²) in [6, 6.07) is -0.480. The number of alkyl halides is 1. The number of rotatable bonds is 4. The number of halogens is 1. The zero-order chi connectivity index (χ0) is 15.6. The quantitative estimate of drug-likeness (QED) is 0.784. The van der Waals surface area contributed by atoms with Gasteiger partial charge in [-0.1, -0.05) is 20.8 Å². The second-order valence-corrected chi connectivity index (χ2v) is 11.7. The highest BCUT2D eigenvalue weighted by atomic mass is 28.4. The number of nitrogens with one attached hydrogen (secondary N) is 1. The van der Waals surface area contributed by atoms with Crippen LogP contribution in [0.1, 0.15) is 27.2 Å². The van der Waals surface area contributed by atoms with Gasteiger partial charge >= 0.3 is 6.09 Å². The van der Waals surface area contributed by atoms with Crippen LogP contribution in [0.5, 0.6) is 0 Å². The van der Waals surface area contributed by atoms with Gasteiger partial charge in [-0.15, -0.1) is 0 Å². The van der Waals surface area contributed by atoms with Crippen LogP contribution in [0.4, 0.5) is 9.18 Å². The molecule has 0 radical (unpaired) electrons. The zero-order valence-electron chi connectivity index (χ0n) is 12.9. The molecule has 2 N–H and O–H groups in total. The van der Waals surface area contributed by atoms with Crippen LogP contribution in [0, 0.1) is 0 Å². The third-order valence-corrected chi connectivity index (χ3v) is 8.67. The number of carbonyl (C=O) groups is 1. The van der Waals surface area contributed by atoms with Crippen molar-refractivity contribution in [3.8, 4) is 0 Å². The Balaban J connectivity index is 2.46. The van der Waals surface area contributed by atoms with Crippen LogP contribution in [0.2, 0.25) is 18.1 Å². The van der Waals surface area contributed by atoms with Crippen LogP contribution in [0.25, 0.3) is 0 Å². The van der Waals surface area contributed by atoms with E-state index >= 15 is 0 Å². The van der Waals surface area contributed by atoms with Crippen LogP contribution in [-0.4, -0.2) is 51.0 Å². The number of carboxylic acid groups (broad SMARTS) is 1. The standard InChI is InChI=1S/C13H26FNO4Si/c1-13(2,3)20(4,5)19-8-11-10(14)6-9(7-18-11)15-12(16)17/h9-11,15H,6-8H2,1-5H3,(H,16,17)/t9-,10+,11-/m1/s1. The maximum Gasteiger partial charge on any atom is 0.404 e. The third-order valence-electron chi connectivity index (χ3n) is 4.17. The van der Waals surface area contributed by atoms with Crippen molar-refractivity contribution in [1.82, 2.24) is 5.32 Å². The molecule has 0 unspecified atom stereocenters. The van der Waals surface area contributed by atoms with Crippen molar-refractivity contribution in [2.24, 2.45) is 0 Å². The van der Waals surface area contributed by atoms with Crippen LogP contribution >= 0.6 is 0 Å². The average Bonchev–Trinajstić information content (AvgIpc) is 2.25. The molecule has 0 bridgehead atoms. The summed E-state index contributed by atoms with van der Waals surface area (Å²) in [5, 5.41) is 10.9. The van der Waals surface area contributed by atoms with E-state index in [1.54, 1.807) is 0 Å². The predicted octanol–water partition coefficient (Wildman–Crippen LogP) is 2.77. The highest BCUT2D eigenvalue weighted by Gasteiger charge is 2.39. The minimum Gasteiger partial charge on any atom is -0.465 e. The molecule has 0 spiro atoms. The fourth-order valence-electron chi connectivity index (χ4n) is 1.77. The van der Waals surface area contributed by atoms with Gasteiger partial charge in [0, 0.05) is 6.42 Å². The first-order valence-electron chi connectivity index (χ1n) is 6.92. The molecule has 1 rings (SSSR count). The van der Waals surface area contributed by atoms with E-state index < -0.39 is 32.7 Å². The SMILES string of the molecule is CC(C)(C)[Si](C)(C)OC[C@H]1OC[C@H](NC(=O)O)C[C@@H]1F. The van der Waals surface area contributed by atoms with E-state index in [1.807, 2.05) is 0 Å². The first-order chi connectivity index (χ1) is 9.03. The Morgan fingerprint density at radius 1 is 1.50 bits per heavy atom. The lowest BCUT2D eigenvalue weighted by Crippen LogP contribution is -2.50. The van der Waals surface area contributed by atoms with Crippen molar-refractivity contribution in [3.05, 3.63) is 0 Å². The van der Waals surface area contributed by atoms with E-state index in [4.69, 9.17) is 14.3 Å². The monoisotopic (exact) mass is 307 g/mol. The van der Waals surface area contributed by atoms with Crippen LogP contribution in [-0.2, 0) is 9.16 Å². The van der Waals surface area contributed by atoms with E-state index in [9.17, 15) is 9.18 Å². The van der Waals surface area contributed by atoms with Gasteiger partial charge in [0.05, 0.1) is 19.3 Å². The summed E-state index contributed by atoms with van der Waals surface area (Å²) in [4.78, 5) is 10.5. The largest absolute Gasteiger partial charge is 0.465 e. The summed E-state index contributed by atoms with van der Waals surface area (Å²) in [6.07, 6.45) is -2.82. The van der Waals surface area contributed by atoms with Crippen LogP contribution < -0.4 is 5.32 Å². The van der Waals surface area contributed by atoms with E-state index in [-0.39, 0.29) is 24.7 Å². The summed E-state index contributed by atoms with van der Waals surface area (Å²) >= 11 is 0. The molecule has 1 heterocycles. The Kier molecular flexibility index (Phi) is 5.57. The molecule has 7 heteroatoms. The molecule has 0 aliphatic carbocycles. The van der Waals surface area contributed by atoms with Gasteiger partial charge in [0.2, 0.25) is 0 Å². The Hall–Kier alpha value is -0.663. The predicted molar refractivity (Wildman–Crippen MR) is 77.4 cm³/mol. The summed E-state index contributed by atoms with van der Waals surface area (Å²) in [7, 11) is -1.92. The molecule has 0 aromatic carbocycles. The molecule has 3 atom stereocenters. The molecule has 0 aromatic rings. The lowest BCUT2D eigenvalue weighted by atomic mass is 10.0. The highest BCUT2D eigenvalue weighted by molar-refractivity contribution is 6.74. The average molecular weight is 307 g/mol.